The van der Waals surface area contributed by atoms with Crippen LogP contribution in [-0.4, -0.2) is 71.6 Å². The molecule has 0 aromatic carbocycles. The van der Waals surface area contributed by atoms with Crippen molar-refractivity contribution in [1.29, 1.82) is 0 Å². The van der Waals surface area contributed by atoms with Gasteiger partial charge in [0.15, 0.2) is 10.8 Å². The SMILES string of the molecule is CO/N=C(\C(=O)N[C@H]1C(=O)N(S(=O)(=O)O)[C@H]1COC(=O)Cc1cccs1)c1csc(N)n1. The van der Waals surface area contributed by atoms with Gasteiger partial charge >= 0.3 is 16.3 Å². The number of oxime groups is 1. The van der Waals surface area contributed by atoms with E-state index in [0.717, 1.165) is 16.2 Å². The number of nitrogens with one attached hydrogen (secondary N) is 1. The average molecular weight is 504 g/mol. The third-order valence-corrected chi connectivity index (χ3v) is 6.68. The lowest BCUT2D eigenvalue weighted by molar-refractivity contribution is -0.155. The molecule has 0 aliphatic carbocycles. The summed E-state index contributed by atoms with van der Waals surface area (Å²) in [5.41, 5.74) is 5.31. The Morgan fingerprint density at radius 2 is 2.16 bits per heavy atom. The van der Waals surface area contributed by atoms with Crippen molar-refractivity contribution in [2.24, 2.45) is 5.16 Å². The van der Waals surface area contributed by atoms with Crippen molar-refractivity contribution >= 4 is 61.6 Å². The number of rotatable bonds is 9. The minimum absolute atomic E-state index is 0.0584. The van der Waals surface area contributed by atoms with Gasteiger partial charge in [-0.2, -0.15) is 8.42 Å². The molecule has 0 unspecified atom stereocenters. The van der Waals surface area contributed by atoms with Gasteiger partial charge in [-0.25, -0.2) is 9.29 Å². The first-order valence-corrected chi connectivity index (χ1v) is 11.9. The quantitative estimate of drug-likeness (QED) is 0.131. The molecule has 2 atom stereocenters. The monoisotopic (exact) mass is 503 g/mol. The van der Waals surface area contributed by atoms with Crippen LogP contribution in [0.3, 0.4) is 0 Å². The Morgan fingerprint density at radius 3 is 2.72 bits per heavy atom. The van der Waals surface area contributed by atoms with Crippen LogP contribution in [0.4, 0.5) is 5.13 Å². The molecule has 2 aromatic heterocycles. The highest BCUT2D eigenvalue weighted by molar-refractivity contribution is 7.84. The molecule has 16 heteroatoms. The molecule has 4 N–H and O–H groups in total. The number of hydrogen-bond acceptors (Lipinski definition) is 12. The molecule has 1 aliphatic rings. The molecule has 0 saturated carbocycles. The van der Waals surface area contributed by atoms with E-state index < -0.39 is 46.8 Å². The highest BCUT2D eigenvalue weighted by Gasteiger charge is 2.54. The zero-order valence-corrected chi connectivity index (χ0v) is 18.8. The van der Waals surface area contributed by atoms with Crippen LogP contribution in [0.15, 0.2) is 28.0 Å². The third-order valence-electron chi connectivity index (χ3n) is 4.18. The largest absolute Gasteiger partial charge is 0.463 e. The van der Waals surface area contributed by atoms with Crippen LogP contribution in [0.2, 0.25) is 0 Å². The highest BCUT2D eigenvalue weighted by Crippen LogP contribution is 2.25. The number of aromatic nitrogens is 1. The zero-order valence-electron chi connectivity index (χ0n) is 16.3. The molecule has 2 aromatic rings. The molecule has 32 heavy (non-hydrogen) atoms. The number of thiazole rings is 1. The molecular formula is C16H17N5O8S3. The van der Waals surface area contributed by atoms with Crippen LogP contribution in [0.5, 0.6) is 0 Å². The number of hydrogen-bond donors (Lipinski definition) is 3. The second kappa shape index (κ2) is 9.60. The molecule has 2 amide bonds. The van der Waals surface area contributed by atoms with Gasteiger partial charge in [0, 0.05) is 10.3 Å². The van der Waals surface area contributed by atoms with Crippen molar-refractivity contribution in [2.75, 3.05) is 19.5 Å². The van der Waals surface area contributed by atoms with Crippen LogP contribution >= 0.6 is 22.7 Å². The summed E-state index contributed by atoms with van der Waals surface area (Å²) in [6.45, 7) is -0.582. The number of thiophene rings is 1. The molecular weight excluding hydrogens is 486 g/mol. The summed E-state index contributed by atoms with van der Waals surface area (Å²) < 4.78 is 37.7. The maximum absolute atomic E-state index is 12.7. The Balaban J connectivity index is 1.72. The molecule has 0 bridgehead atoms. The van der Waals surface area contributed by atoms with Gasteiger partial charge in [-0.1, -0.05) is 11.2 Å². The molecule has 1 saturated heterocycles. The van der Waals surface area contributed by atoms with E-state index in [9.17, 15) is 27.4 Å². The Bertz CT molecular complexity index is 1140. The predicted octanol–water partition coefficient (Wildman–Crippen LogP) is -0.578. The topological polar surface area (TPSA) is 191 Å². The van der Waals surface area contributed by atoms with Crippen LogP contribution in [0.25, 0.3) is 0 Å². The second-order valence-electron chi connectivity index (χ2n) is 6.26. The number of ether oxygens (including phenoxy) is 1. The minimum Gasteiger partial charge on any atom is -0.463 e. The van der Waals surface area contributed by atoms with Gasteiger partial charge in [0.05, 0.1) is 6.42 Å². The summed E-state index contributed by atoms with van der Waals surface area (Å²) in [5.74, 6) is -2.71. The number of β-lactam (4-membered cyclic amide) rings is 1. The molecule has 13 nitrogen and oxygen atoms in total. The average Bonchev–Trinajstić information content (AvgIpc) is 3.37. The number of nitrogens with two attached hydrogens (primary N) is 1. The van der Waals surface area contributed by atoms with Crippen LogP contribution < -0.4 is 11.1 Å². The van der Waals surface area contributed by atoms with Crippen LogP contribution in [0, 0.1) is 0 Å². The first kappa shape index (κ1) is 23.6. The Labute approximate surface area is 189 Å². The summed E-state index contributed by atoms with van der Waals surface area (Å²) >= 11 is 2.37. The second-order valence-corrected chi connectivity index (χ2v) is 9.47. The smallest absolute Gasteiger partial charge is 0.362 e. The summed E-state index contributed by atoms with van der Waals surface area (Å²) in [6, 6.07) is 0.683. The summed E-state index contributed by atoms with van der Waals surface area (Å²) in [7, 11) is -3.76. The Kier molecular flexibility index (Phi) is 7.07. The van der Waals surface area contributed by atoms with E-state index >= 15 is 0 Å². The number of anilines is 1. The number of carbonyl (C=O) groups is 3. The van der Waals surface area contributed by atoms with Crippen molar-refractivity contribution in [3.63, 3.8) is 0 Å². The molecule has 3 rings (SSSR count). The maximum atomic E-state index is 12.7. The molecule has 172 valence electrons. The number of nitrogens with zero attached hydrogens (tertiary/aromatic N) is 3. The van der Waals surface area contributed by atoms with Gasteiger partial charge in [-0.15, -0.1) is 22.7 Å². The Morgan fingerprint density at radius 1 is 1.41 bits per heavy atom. The van der Waals surface area contributed by atoms with Crippen LogP contribution in [0.1, 0.15) is 10.6 Å². The fourth-order valence-corrected chi connectivity index (χ4v) is 4.92. The maximum Gasteiger partial charge on any atom is 0.362 e. The van der Waals surface area contributed by atoms with Crippen molar-refractivity contribution in [1.82, 2.24) is 14.6 Å². The number of carbonyl (C=O) groups excluding carboxylic acids is 3. The van der Waals surface area contributed by atoms with Gasteiger partial charge in [0.1, 0.15) is 31.5 Å². The van der Waals surface area contributed by atoms with E-state index in [4.69, 9.17) is 10.5 Å². The van der Waals surface area contributed by atoms with E-state index in [1.54, 1.807) is 17.5 Å². The van der Waals surface area contributed by atoms with Gasteiger partial charge in [-0.05, 0) is 11.4 Å². The minimum atomic E-state index is -4.95. The van der Waals surface area contributed by atoms with E-state index in [1.165, 1.54) is 23.8 Å². The number of esters is 1. The molecule has 1 fully saturated rings. The summed E-state index contributed by atoms with van der Waals surface area (Å²) in [5, 5.41) is 9.23. The van der Waals surface area contributed by atoms with Gasteiger partial charge in [0.2, 0.25) is 0 Å². The first-order valence-electron chi connectivity index (χ1n) is 8.74. The molecule has 1 aliphatic heterocycles. The molecule has 3 heterocycles. The van der Waals surface area contributed by atoms with Crippen molar-refractivity contribution in [2.45, 2.75) is 18.5 Å². The summed E-state index contributed by atoms with van der Waals surface area (Å²) in [4.78, 5) is 46.3. The lowest BCUT2D eigenvalue weighted by atomic mass is 9.99. The normalized spacial score (nSPS) is 18.8. The van der Waals surface area contributed by atoms with Crippen LogP contribution in [-0.2, 0) is 40.7 Å². The van der Waals surface area contributed by atoms with Gasteiger partial charge < -0.3 is 20.6 Å². The molecule has 0 spiro atoms. The van der Waals surface area contributed by atoms with Gasteiger partial charge in [-0.3, -0.25) is 18.9 Å². The summed E-state index contributed by atoms with van der Waals surface area (Å²) in [6.07, 6.45) is -0.0584. The van der Waals surface area contributed by atoms with Gasteiger partial charge in [0.25, 0.3) is 11.8 Å². The lowest BCUT2D eigenvalue weighted by Crippen LogP contribution is -2.73. The predicted molar refractivity (Wildman–Crippen MR) is 113 cm³/mol. The highest BCUT2D eigenvalue weighted by atomic mass is 32.2. The standard InChI is InChI=1S/C16H17N5O8S3/c1-28-20-12(9-7-31-16(17)18-9)14(23)19-13-10(21(15(13)24)32(25,26)27)6-29-11(22)5-8-3-2-4-30-8/h2-4,7,10,13H,5-6H2,1H3,(H2,17,18)(H,19,23)(H,25,26,27)/b20-12-/t10-,13+/m0/s1. The van der Waals surface area contributed by atoms with Crippen molar-refractivity contribution in [3.8, 4) is 0 Å². The van der Waals surface area contributed by atoms with E-state index in [-0.39, 0.29) is 27.3 Å². The Hall–Kier alpha value is -3.08. The zero-order chi connectivity index (χ0) is 23.5. The van der Waals surface area contributed by atoms with Crippen molar-refractivity contribution in [3.05, 3.63) is 33.5 Å². The number of nitrogen functional groups attached to an aromatic ring is 1. The van der Waals surface area contributed by atoms with E-state index in [1.807, 2.05) is 0 Å². The lowest BCUT2D eigenvalue weighted by Gasteiger charge is -2.43. The first-order chi connectivity index (χ1) is 15.1. The fraction of sp³-hybridized carbons (Fsp3) is 0.312. The number of amides is 2. The van der Waals surface area contributed by atoms with Crippen molar-refractivity contribution < 1.29 is 36.9 Å². The fourth-order valence-electron chi connectivity index (χ4n) is 2.81. The molecule has 0 radical (unpaired) electrons. The van der Waals surface area contributed by atoms with E-state index in [2.05, 4.69) is 20.3 Å². The third kappa shape index (κ3) is 5.21. The van der Waals surface area contributed by atoms with E-state index in [0.29, 0.717) is 0 Å².